The number of aliphatic hydroxyl groups is 6. The molecule has 0 aliphatic carbocycles. The first kappa shape index (κ1) is 25.9. The zero-order chi connectivity index (χ0) is 27.1. The van der Waals surface area contributed by atoms with E-state index in [9.17, 15) is 25.5 Å². The van der Waals surface area contributed by atoms with E-state index in [0.29, 0.717) is 0 Å². The summed E-state index contributed by atoms with van der Waals surface area (Å²) in [6.07, 6.45) is -6.51. The number of hydrogen-bond donors (Lipinski definition) is 8. The molecule has 0 radical (unpaired) electrons. The van der Waals surface area contributed by atoms with Crippen molar-refractivity contribution in [1.29, 1.82) is 0 Å². The summed E-state index contributed by atoms with van der Waals surface area (Å²) in [6.45, 7) is -0.861. The van der Waals surface area contributed by atoms with E-state index in [0.717, 1.165) is 11.0 Å². The lowest BCUT2D eigenvalue weighted by atomic mass is 10.1. The zero-order valence-corrected chi connectivity index (χ0v) is 19.2. The first-order chi connectivity index (χ1) is 18.3. The molecule has 2 fully saturated rings. The maximum atomic E-state index is 9.91. The smallest absolute Gasteiger partial charge is 0.244 e. The van der Waals surface area contributed by atoms with Crippen LogP contribution in [0.5, 0.6) is 5.88 Å². The molecule has 9 N–H and O–H groups in total. The van der Waals surface area contributed by atoms with Gasteiger partial charge in [-0.3, -0.25) is 0 Å². The standard InChI is InChI=1S/C9H12N6O4.C9H11N5O5/c10-7-4-8(12-2-11-7)15(14-13-4)9-6(18)5(17)3(1-16)19-9;15-1-3-5(16)6(17)9(19-3)14-7-4(12-13-14)8(18)11-2-10-7/h2-3,5-6,9,16-18H,1H2,(H2,10,11,12);2-3,5-6,9,15-17H,1H2,(H,10,11,18)/t2*3-,5-,6-,9-/m11/s1. The van der Waals surface area contributed by atoms with E-state index in [4.69, 9.17) is 25.4 Å². The summed E-state index contributed by atoms with van der Waals surface area (Å²) in [4.78, 5) is 15.2. The quantitative estimate of drug-likeness (QED) is 0.121. The van der Waals surface area contributed by atoms with Crippen molar-refractivity contribution in [1.82, 2.24) is 49.9 Å². The number of hydrogen-bond acceptors (Lipinski definition) is 18. The average Bonchev–Trinajstić information content (AvgIpc) is 3.67. The number of nitrogen functional groups attached to an aromatic ring is 1. The zero-order valence-electron chi connectivity index (χ0n) is 19.2. The van der Waals surface area contributed by atoms with Gasteiger partial charge < -0.3 is 51.0 Å². The second-order valence-corrected chi connectivity index (χ2v) is 8.33. The number of nitrogens with two attached hydrogens (primary N) is 1. The van der Waals surface area contributed by atoms with Crippen molar-refractivity contribution in [2.75, 3.05) is 18.9 Å². The van der Waals surface area contributed by atoms with Crippen molar-refractivity contribution < 1.29 is 45.2 Å². The van der Waals surface area contributed by atoms with Gasteiger partial charge in [0.1, 0.15) is 49.3 Å². The summed E-state index contributed by atoms with van der Waals surface area (Å²) < 4.78 is 13.0. The molecule has 0 aromatic carbocycles. The largest absolute Gasteiger partial charge is 0.492 e. The third-order valence-corrected chi connectivity index (χ3v) is 6.05. The van der Waals surface area contributed by atoms with E-state index >= 15 is 0 Å². The van der Waals surface area contributed by atoms with Crippen molar-refractivity contribution in [2.45, 2.75) is 49.1 Å². The summed E-state index contributed by atoms with van der Waals surface area (Å²) in [6, 6.07) is 0. The average molecular weight is 537 g/mol. The van der Waals surface area contributed by atoms with Gasteiger partial charge in [-0.1, -0.05) is 10.4 Å². The molecule has 204 valence electrons. The number of nitrogens with zero attached hydrogens (tertiary/aromatic N) is 10. The van der Waals surface area contributed by atoms with E-state index in [2.05, 4.69) is 40.6 Å². The molecule has 4 aromatic heterocycles. The summed E-state index contributed by atoms with van der Waals surface area (Å²) in [5.41, 5.74) is 6.39. The minimum Gasteiger partial charge on any atom is -0.492 e. The molecule has 0 unspecified atom stereocenters. The maximum absolute atomic E-state index is 9.91. The third-order valence-electron chi connectivity index (χ3n) is 6.05. The second kappa shape index (κ2) is 10.2. The normalized spacial score (nSPS) is 31.1. The summed E-state index contributed by atoms with van der Waals surface area (Å²) in [7, 11) is 0. The van der Waals surface area contributed by atoms with E-state index < -0.39 is 62.3 Å². The highest BCUT2D eigenvalue weighted by Gasteiger charge is 2.45. The lowest BCUT2D eigenvalue weighted by molar-refractivity contribution is -0.0574. The lowest BCUT2D eigenvalue weighted by Crippen LogP contribution is -2.33. The molecule has 38 heavy (non-hydrogen) atoms. The predicted molar refractivity (Wildman–Crippen MR) is 118 cm³/mol. The van der Waals surface area contributed by atoms with Crippen LogP contribution in [-0.4, -0.2) is 136 Å². The molecule has 6 rings (SSSR count). The molecule has 4 aromatic rings. The van der Waals surface area contributed by atoms with Crippen LogP contribution in [0.1, 0.15) is 12.5 Å². The molecule has 8 atom stereocenters. The highest BCUT2D eigenvalue weighted by molar-refractivity contribution is 5.80. The van der Waals surface area contributed by atoms with Gasteiger partial charge in [0.15, 0.2) is 40.6 Å². The Morgan fingerprint density at radius 3 is 1.68 bits per heavy atom. The number of rotatable bonds is 4. The van der Waals surface area contributed by atoms with Gasteiger partial charge in [0, 0.05) is 0 Å². The molecule has 2 aliphatic rings. The van der Waals surface area contributed by atoms with Gasteiger partial charge in [0.2, 0.25) is 5.88 Å². The van der Waals surface area contributed by atoms with Crippen LogP contribution in [0.4, 0.5) is 5.82 Å². The van der Waals surface area contributed by atoms with Crippen molar-refractivity contribution >= 4 is 28.1 Å². The van der Waals surface area contributed by atoms with Crippen LogP contribution in [0.3, 0.4) is 0 Å². The van der Waals surface area contributed by atoms with Crippen molar-refractivity contribution in [3.8, 4) is 5.88 Å². The Kier molecular flexibility index (Phi) is 6.93. The number of anilines is 1. The predicted octanol–water partition coefficient (Wildman–Crippen LogP) is -5.05. The Morgan fingerprint density at radius 1 is 0.711 bits per heavy atom. The van der Waals surface area contributed by atoms with E-state index in [1.165, 1.54) is 11.0 Å². The molecule has 0 bridgehead atoms. The molecular weight excluding hydrogens is 514 g/mol. The maximum Gasteiger partial charge on any atom is 0.244 e. The van der Waals surface area contributed by atoms with Gasteiger partial charge in [0.25, 0.3) is 0 Å². The number of aromatic nitrogens is 10. The number of aromatic hydroxyl groups is 1. The monoisotopic (exact) mass is 537 g/mol. The highest BCUT2D eigenvalue weighted by Crippen LogP contribution is 2.32. The van der Waals surface area contributed by atoms with E-state index in [1.807, 2.05) is 0 Å². The van der Waals surface area contributed by atoms with Gasteiger partial charge >= 0.3 is 0 Å². The number of ether oxygens (including phenoxy) is 2. The molecule has 2 saturated heterocycles. The highest BCUT2D eigenvalue weighted by atomic mass is 16.6. The van der Waals surface area contributed by atoms with Crippen LogP contribution in [0.2, 0.25) is 0 Å². The first-order valence-electron chi connectivity index (χ1n) is 11.1. The Hall–Kier alpha value is -3.76. The Bertz CT molecular complexity index is 1310. The van der Waals surface area contributed by atoms with Crippen LogP contribution in [0.25, 0.3) is 22.3 Å². The van der Waals surface area contributed by atoms with Crippen LogP contribution < -0.4 is 5.73 Å². The summed E-state index contributed by atoms with van der Waals surface area (Å²) in [5.74, 6) is -0.189. The molecule has 6 heterocycles. The van der Waals surface area contributed by atoms with Gasteiger partial charge in [0.05, 0.1) is 13.2 Å². The van der Waals surface area contributed by atoms with Crippen molar-refractivity contribution in [3.05, 3.63) is 12.7 Å². The molecular formula is C18H23N11O9. The van der Waals surface area contributed by atoms with Crippen molar-refractivity contribution in [2.24, 2.45) is 0 Å². The second-order valence-electron chi connectivity index (χ2n) is 8.33. The number of fused-ring (bicyclic) bond motifs is 2. The fourth-order valence-corrected chi connectivity index (χ4v) is 4.04. The van der Waals surface area contributed by atoms with Crippen LogP contribution >= 0.6 is 0 Å². The van der Waals surface area contributed by atoms with Gasteiger partial charge in [-0.15, -0.1) is 10.2 Å². The van der Waals surface area contributed by atoms with Crippen LogP contribution in [0, 0.1) is 0 Å². The molecule has 0 amide bonds. The van der Waals surface area contributed by atoms with Gasteiger partial charge in [-0.05, 0) is 0 Å². The molecule has 20 nitrogen and oxygen atoms in total. The third kappa shape index (κ3) is 4.23. The fraction of sp³-hybridized carbons (Fsp3) is 0.556. The molecule has 0 spiro atoms. The van der Waals surface area contributed by atoms with Crippen molar-refractivity contribution in [3.63, 3.8) is 0 Å². The van der Waals surface area contributed by atoms with Crippen LogP contribution in [-0.2, 0) is 9.47 Å². The van der Waals surface area contributed by atoms with E-state index in [-0.39, 0.29) is 34.0 Å². The van der Waals surface area contributed by atoms with Gasteiger partial charge in [-0.25, -0.2) is 15.0 Å². The SMILES string of the molecule is Nc1ncnc2c1nnn2[C@@H]1O[C@H](CO)[C@@H](O)[C@H]1O.OC[C@H]1O[C@@H](n2nnc3c(O)ncnc32)[C@H](O)[C@@H]1O. The minimum absolute atomic E-state index is 0.0558. The Labute approximate surface area is 210 Å². The van der Waals surface area contributed by atoms with E-state index in [1.54, 1.807) is 0 Å². The summed E-state index contributed by atoms with van der Waals surface area (Å²) >= 11 is 0. The molecule has 20 heteroatoms. The first-order valence-corrected chi connectivity index (χ1v) is 11.1. The minimum atomic E-state index is -1.29. The fourth-order valence-electron chi connectivity index (χ4n) is 4.04. The molecule has 2 aliphatic heterocycles. The van der Waals surface area contributed by atoms with Crippen LogP contribution in [0.15, 0.2) is 12.7 Å². The lowest BCUT2D eigenvalue weighted by Gasteiger charge is -2.14. The van der Waals surface area contributed by atoms with Gasteiger partial charge in [-0.2, -0.15) is 14.3 Å². The Morgan fingerprint density at radius 2 is 1.18 bits per heavy atom. The summed E-state index contributed by atoms with van der Waals surface area (Å²) in [5, 5.41) is 81.7. The molecule has 0 saturated carbocycles. The number of aliphatic hydroxyl groups excluding tert-OH is 6. The Balaban J connectivity index is 0.000000155. The topological polar surface area (TPSA) is 299 Å².